The SMILES string of the molecule is CCNC(=NCCCN(C(=O)OC(C)(C)C)C(C)C)NCCCn1cccn1. The molecule has 0 aliphatic rings. The predicted molar refractivity (Wildman–Crippen MR) is 114 cm³/mol. The van der Waals surface area contributed by atoms with Gasteiger partial charge in [-0.05, 0) is 60.5 Å². The van der Waals surface area contributed by atoms with Gasteiger partial charge in [0.25, 0.3) is 0 Å². The van der Waals surface area contributed by atoms with Crippen molar-refractivity contribution in [3.8, 4) is 0 Å². The Morgan fingerprint density at radius 3 is 2.61 bits per heavy atom. The molecule has 1 rings (SSSR count). The van der Waals surface area contributed by atoms with Crippen molar-refractivity contribution < 1.29 is 9.53 Å². The first-order valence-electron chi connectivity index (χ1n) is 10.2. The molecule has 160 valence electrons. The summed E-state index contributed by atoms with van der Waals surface area (Å²) >= 11 is 0. The summed E-state index contributed by atoms with van der Waals surface area (Å²) < 4.78 is 7.41. The second-order valence-electron chi connectivity index (χ2n) is 7.93. The maximum atomic E-state index is 12.3. The molecule has 0 bridgehead atoms. The van der Waals surface area contributed by atoms with E-state index in [0.717, 1.165) is 38.4 Å². The van der Waals surface area contributed by atoms with Crippen molar-refractivity contribution in [1.82, 2.24) is 25.3 Å². The Morgan fingerprint density at radius 2 is 2.04 bits per heavy atom. The van der Waals surface area contributed by atoms with Gasteiger partial charge in [0.1, 0.15) is 5.60 Å². The number of carbonyl (C=O) groups is 1. The zero-order chi connectivity index (χ0) is 21.0. The van der Waals surface area contributed by atoms with E-state index in [1.165, 1.54) is 0 Å². The first-order chi connectivity index (χ1) is 13.2. The highest BCUT2D eigenvalue weighted by Crippen LogP contribution is 2.12. The maximum Gasteiger partial charge on any atom is 0.410 e. The number of nitrogens with one attached hydrogen (secondary N) is 2. The van der Waals surface area contributed by atoms with Crippen LogP contribution in [0.15, 0.2) is 23.5 Å². The van der Waals surface area contributed by atoms with Crippen LogP contribution in [0.25, 0.3) is 0 Å². The highest BCUT2D eigenvalue weighted by molar-refractivity contribution is 5.79. The zero-order valence-corrected chi connectivity index (χ0v) is 18.4. The molecule has 1 heterocycles. The van der Waals surface area contributed by atoms with Crippen LogP contribution >= 0.6 is 0 Å². The van der Waals surface area contributed by atoms with E-state index in [0.29, 0.717) is 13.1 Å². The summed E-state index contributed by atoms with van der Waals surface area (Å²) in [6.45, 7) is 15.5. The molecular formula is C20H38N6O2. The number of aromatic nitrogens is 2. The lowest BCUT2D eigenvalue weighted by atomic mass is 10.2. The van der Waals surface area contributed by atoms with Crippen LogP contribution in [0.3, 0.4) is 0 Å². The summed E-state index contributed by atoms with van der Waals surface area (Å²) in [6.07, 6.45) is 5.23. The largest absolute Gasteiger partial charge is 0.444 e. The van der Waals surface area contributed by atoms with Crippen LogP contribution in [0.2, 0.25) is 0 Å². The van der Waals surface area contributed by atoms with E-state index in [2.05, 4.69) is 20.7 Å². The molecule has 0 radical (unpaired) electrons. The topological polar surface area (TPSA) is 83.8 Å². The molecule has 2 N–H and O–H groups in total. The molecule has 1 aromatic rings. The van der Waals surface area contributed by atoms with E-state index in [1.54, 1.807) is 11.1 Å². The van der Waals surface area contributed by atoms with Gasteiger partial charge >= 0.3 is 6.09 Å². The molecule has 0 fully saturated rings. The van der Waals surface area contributed by atoms with Gasteiger partial charge in [-0.1, -0.05) is 0 Å². The van der Waals surface area contributed by atoms with E-state index >= 15 is 0 Å². The van der Waals surface area contributed by atoms with Crippen LogP contribution in [0.4, 0.5) is 4.79 Å². The molecule has 0 saturated heterocycles. The molecule has 8 heteroatoms. The van der Waals surface area contributed by atoms with Crippen molar-refractivity contribution in [1.29, 1.82) is 0 Å². The summed E-state index contributed by atoms with van der Waals surface area (Å²) in [7, 11) is 0. The Balaban J connectivity index is 2.40. The summed E-state index contributed by atoms with van der Waals surface area (Å²) in [4.78, 5) is 18.7. The lowest BCUT2D eigenvalue weighted by Crippen LogP contribution is -2.42. The number of nitrogens with zero attached hydrogens (tertiary/aromatic N) is 4. The Hall–Kier alpha value is -2.25. The number of carbonyl (C=O) groups excluding carboxylic acids is 1. The fraction of sp³-hybridized carbons (Fsp3) is 0.750. The predicted octanol–water partition coefficient (Wildman–Crippen LogP) is 2.86. The molecule has 0 saturated carbocycles. The Labute approximate surface area is 169 Å². The van der Waals surface area contributed by atoms with Gasteiger partial charge in [-0.2, -0.15) is 5.10 Å². The Kier molecular flexibility index (Phi) is 10.4. The molecule has 0 aliphatic heterocycles. The number of rotatable bonds is 10. The number of hydrogen-bond acceptors (Lipinski definition) is 4. The third-order valence-corrected chi connectivity index (χ3v) is 3.84. The van der Waals surface area contributed by atoms with Gasteiger partial charge in [-0.15, -0.1) is 0 Å². The lowest BCUT2D eigenvalue weighted by Gasteiger charge is -2.30. The van der Waals surface area contributed by atoms with Crippen molar-refractivity contribution >= 4 is 12.1 Å². The third kappa shape index (κ3) is 10.2. The first-order valence-corrected chi connectivity index (χ1v) is 10.2. The monoisotopic (exact) mass is 394 g/mol. The number of aryl methyl sites for hydroxylation is 1. The minimum Gasteiger partial charge on any atom is -0.444 e. The molecule has 1 aromatic heterocycles. The molecule has 0 aliphatic carbocycles. The van der Waals surface area contributed by atoms with Gasteiger partial charge in [0.2, 0.25) is 0 Å². The van der Waals surface area contributed by atoms with Crippen molar-refractivity contribution in [3.05, 3.63) is 18.5 Å². The Morgan fingerprint density at radius 1 is 1.29 bits per heavy atom. The number of hydrogen-bond donors (Lipinski definition) is 2. The third-order valence-electron chi connectivity index (χ3n) is 3.84. The van der Waals surface area contributed by atoms with E-state index in [-0.39, 0.29) is 12.1 Å². The fourth-order valence-corrected chi connectivity index (χ4v) is 2.54. The normalized spacial score (nSPS) is 12.2. The van der Waals surface area contributed by atoms with Gasteiger partial charge in [0.15, 0.2) is 5.96 Å². The van der Waals surface area contributed by atoms with E-state index in [9.17, 15) is 4.79 Å². The number of amides is 1. The summed E-state index contributed by atoms with van der Waals surface area (Å²) in [5.41, 5.74) is -0.485. The molecule has 0 aromatic carbocycles. The fourth-order valence-electron chi connectivity index (χ4n) is 2.54. The van der Waals surface area contributed by atoms with Crippen LogP contribution in [0.5, 0.6) is 0 Å². The number of aliphatic imine (C=N–C) groups is 1. The number of guanidine groups is 1. The molecule has 8 nitrogen and oxygen atoms in total. The van der Waals surface area contributed by atoms with Gasteiger partial charge in [-0.3, -0.25) is 9.67 Å². The van der Waals surface area contributed by atoms with Crippen molar-refractivity contribution in [2.24, 2.45) is 4.99 Å². The van der Waals surface area contributed by atoms with Crippen molar-refractivity contribution in [3.63, 3.8) is 0 Å². The zero-order valence-electron chi connectivity index (χ0n) is 18.4. The quantitative estimate of drug-likeness (QED) is 0.362. The van der Waals surface area contributed by atoms with Gasteiger partial charge in [0.05, 0.1) is 0 Å². The van der Waals surface area contributed by atoms with Crippen LogP contribution in [0.1, 0.15) is 54.4 Å². The first kappa shape index (κ1) is 23.8. The standard InChI is InChI=1S/C20H38N6O2/c1-7-21-18(22-11-8-14-25-15-10-13-24-25)23-12-9-16-26(17(2)3)19(27)28-20(4,5)6/h10,13,15,17H,7-9,11-12,14,16H2,1-6H3,(H2,21,22,23). The summed E-state index contributed by atoms with van der Waals surface area (Å²) in [6, 6.07) is 2.02. The second kappa shape index (κ2) is 12.3. The average Bonchev–Trinajstić information content (AvgIpc) is 3.09. The number of ether oxygens (including phenoxy) is 1. The minimum absolute atomic E-state index is 0.0903. The summed E-state index contributed by atoms with van der Waals surface area (Å²) in [5.74, 6) is 0.802. The molecule has 28 heavy (non-hydrogen) atoms. The minimum atomic E-state index is -0.485. The smallest absolute Gasteiger partial charge is 0.410 e. The van der Waals surface area contributed by atoms with Crippen LogP contribution in [-0.2, 0) is 11.3 Å². The molecule has 0 atom stereocenters. The second-order valence-corrected chi connectivity index (χ2v) is 7.93. The highest BCUT2D eigenvalue weighted by atomic mass is 16.6. The molecular weight excluding hydrogens is 356 g/mol. The Bertz CT molecular complexity index is 578. The molecule has 0 spiro atoms. The van der Waals surface area contributed by atoms with Gasteiger partial charge in [-0.25, -0.2) is 4.79 Å². The maximum absolute atomic E-state index is 12.3. The van der Waals surface area contributed by atoms with E-state index in [1.807, 2.05) is 58.5 Å². The lowest BCUT2D eigenvalue weighted by molar-refractivity contribution is 0.0190. The van der Waals surface area contributed by atoms with Crippen molar-refractivity contribution in [2.45, 2.75) is 72.6 Å². The van der Waals surface area contributed by atoms with Crippen LogP contribution in [-0.4, -0.2) is 64.6 Å². The molecule has 1 amide bonds. The van der Waals surface area contributed by atoms with Gasteiger partial charge in [0, 0.05) is 51.2 Å². The summed E-state index contributed by atoms with van der Waals surface area (Å²) in [5, 5.41) is 10.8. The average molecular weight is 395 g/mol. The highest BCUT2D eigenvalue weighted by Gasteiger charge is 2.23. The van der Waals surface area contributed by atoms with Crippen LogP contribution < -0.4 is 10.6 Å². The van der Waals surface area contributed by atoms with E-state index < -0.39 is 5.60 Å². The van der Waals surface area contributed by atoms with Gasteiger partial charge < -0.3 is 20.3 Å². The molecule has 0 unspecified atom stereocenters. The van der Waals surface area contributed by atoms with E-state index in [4.69, 9.17) is 4.74 Å². The van der Waals surface area contributed by atoms with Crippen LogP contribution in [0, 0.1) is 0 Å². The van der Waals surface area contributed by atoms with Crippen molar-refractivity contribution in [2.75, 3.05) is 26.2 Å².